The van der Waals surface area contributed by atoms with Crippen molar-refractivity contribution in [2.45, 2.75) is 11.8 Å². The predicted octanol–water partition coefficient (Wildman–Crippen LogP) is 4.29. The average molecular weight is 457 g/mol. The third kappa shape index (κ3) is 2.76. The SMILES string of the molecule is CCOC(=O)c1cn2c3c(c(F)c(F)cc3c1=O)Oc1cc(S(=O)O)c3ccccc3c1-2. The first-order valence-electron chi connectivity index (χ1n) is 9.42. The number of rotatable bonds is 3. The van der Waals surface area contributed by atoms with E-state index in [1.807, 2.05) is 0 Å². The molecule has 1 aliphatic rings. The fourth-order valence-corrected chi connectivity index (χ4v) is 4.48. The van der Waals surface area contributed by atoms with Crippen LogP contribution in [0.1, 0.15) is 17.3 Å². The number of hydrogen-bond donors (Lipinski definition) is 1. The number of hydrogen-bond acceptors (Lipinski definition) is 5. The Labute approximate surface area is 181 Å². The zero-order valence-electron chi connectivity index (χ0n) is 16.3. The highest BCUT2D eigenvalue weighted by molar-refractivity contribution is 7.79. The topological polar surface area (TPSA) is 94.8 Å². The van der Waals surface area contributed by atoms with Crippen LogP contribution in [-0.2, 0) is 15.8 Å². The van der Waals surface area contributed by atoms with E-state index in [0.717, 1.165) is 0 Å². The summed E-state index contributed by atoms with van der Waals surface area (Å²) in [7, 11) is 0. The van der Waals surface area contributed by atoms with Gasteiger partial charge >= 0.3 is 5.97 Å². The molecule has 1 aromatic heterocycles. The minimum atomic E-state index is -2.41. The van der Waals surface area contributed by atoms with Gasteiger partial charge in [-0.25, -0.2) is 13.4 Å². The Bertz CT molecular complexity index is 1560. The summed E-state index contributed by atoms with van der Waals surface area (Å²) in [4.78, 5) is 25.4. The van der Waals surface area contributed by atoms with Crippen molar-refractivity contribution < 1.29 is 31.8 Å². The molecular formula is C22H13F2NO6S. The lowest BCUT2D eigenvalue weighted by atomic mass is 10.0. The predicted molar refractivity (Wildman–Crippen MR) is 112 cm³/mol. The van der Waals surface area contributed by atoms with Gasteiger partial charge in [-0.1, -0.05) is 24.3 Å². The first-order valence-corrected chi connectivity index (χ1v) is 10.5. The van der Waals surface area contributed by atoms with Crippen LogP contribution in [0.15, 0.2) is 52.3 Å². The molecule has 2 heterocycles. The summed E-state index contributed by atoms with van der Waals surface area (Å²) in [6, 6.07) is 8.57. The molecule has 10 heteroatoms. The number of nitrogens with zero attached hydrogens (tertiary/aromatic N) is 1. The fraction of sp³-hybridized carbons (Fsp3) is 0.0909. The van der Waals surface area contributed by atoms with E-state index < -0.39 is 39.9 Å². The Balaban J connectivity index is 2.00. The molecule has 0 saturated heterocycles. The molecule has 3 aromatic carbocycles. The summed E-state index contributed by atoms with van der Waals surface area (Å²) in [6.07, 6.45) is 1.19. The molecule has 162 valence electrons. The molecule has 0 amide bonds. The smallest absolute Gasteiger partial charge is 0.343 e. The van der Waals surface area contributed by atoms with Gasteiger partial charge in [0.25, 0.3) is 0 Å². The highest BCUT2D eigenvalue weighted by Gasteiger charge is 2.31. The number of halogens is 2. The summed E-state index contributed by atoms with van der Waals surface area (Å²) in [6.45, 7) is 1.58. The van der Waals surface area contributed by atoms with Crippen molar-refractivity contribution in [3.63, 3.8) is 0 Å². The minimum Gasteiger partial charge on any atom is -0.462 e. The van der Waals surface area contributed by atoms with Crippen LogP contribution < -0.4 is 10.2 Å². The number of esters is 1. The lowest BCUT2D eigenvalue weighted by molar-refractivity contribution is 0.0524. The molecule has 5 rings (SSSR count). The van der Waals surface area contributed by atoms with E-state index in [1.165, 1.54) is 16.8 Å². The quantitative estimate of drug-likeness (QED) is 0.321. The second-order valence-corrected chi connectivity index (χ2v) is 7.92. The van der Waals surface area contributed by atoms with Crippen molar-refractivity contribution in [1.29, 1.82) is 0 Å². The molecule has 0 saturated carbocycles. The highest BCUT2D eigenvalue weighted by atomic mass is 32.2. The van der Waals surface area contributed by atoms with E-state index in [1.54, 1.807) is 31.2 Å². The number of carbonyl (C=O) groups excluding carboxylic acids is 1. The van der Waals surface area contributed by atoms with Crippen LogP contribution in [0.5, 0.6) is 11.5 Å². The third-order valence-corrected chi connectivity index (χ3v) is 5.93. The van der Waals surface area contributed by atoms with E-state index in [4.69, 9.17) is 9.47 Å². The van der Waals surface area contributed by atoms with E-state index >= 15 is 0 Å². The molecule has 1 unspecified atom stereocenters. The van der Waals surface area contributed by atoms with Crippen molar-refractivity contribution in [3.05, 3.63) is 70.0 Å². The van der Waals surface area contributed by atoms with Crippen molar-refractivity contribution in [2.24, 2.45) is 0 Å². The van der Waals surface area contributed by atoms with Crippen LogP contribution in [0.25, 0.3) is 27.4 Å². The molecule has 0 spiro atoms. The molecule has 1 aliphatic heterocycles. The number of benzene rings is 3. The largest absolute Gasteiger partial charge is 0.462 e. The van der Waals surface area contributed by atoms with Crippen LogP contribution in [0.2, 0.25) is 0 Å². The Morgan fingerprint density at radius 1 is 1.19 bits per heavy atom. The highest BCUT2D eigenvalue weighted by Crippen LogP contribution is 2.46. The normalized spacial score (nSPS) is 13.0. The average Bonchev–Trinajstić information content (AvgIpc) is 2.77. The number of pyridine rings is 1. The van der Waals surface area contributed by atoms with Crippen molar-refractivity contribution in [2.75, 3.05) is 6.61 Å². The summed E-state index contributed by atoms with van der Waals surface area (Å²) < 4.78 is 62.7. The summed E-state index contributed by atoms with van der Waals surface area (Å²) in [5, 5.41) is 0.581. The van der Waals surface area contributed by atoms with Gasteiger partial charge < -0.3 is 18.6 Å². The van der Waals surface area contributed by atoms with Crippen molar-refractivity contribution >= 4 is 38.7 Å². The van der Waals surface area contributed by atoms with Gasteiger partial charge in [-0.2, -0.15) is 4.39 Å². The fourth-order valence-electron chi connectivity index (χ4n) is 3.91. The first kappa shape index (κ1) is 20.3. The van der Waals surface area contributed by atoms with Gasteiger partial charge in [-0.3, -0.25) is 4.79 Å². The lowest BCUT2D eigenvalue weighted by Gasteiger charge is -2.26. The lowest BCUT2D eigenvalue weighted by Crippen LogP contribution is -2.23. The second kappa shape index (κ2) is 7.21. The number of fused-ring (bicyclic) bond motifs is 4. The van der Waals surface area contributed by atoms with Crippen LogP contribution in [0.4, 0.5) is 8.78 Å². The van der Waals surface area contributed by atoms with Gasteiger partial charge in [-0.05, 0) is 13.0 Å². The Morgan fingerprint density at radius 3 is 2.59 bits per heavy atom. The molecular weight excluding hydrogens is 444 g/mol. The molecule has 0 fully saturated rings. The number of ether oxygens (including phenoxy) is 2. The van der Waals surface area contributed by atoms with Crippen LogP contribution in [0.3, 0.4) is 0 Å². The van der Waals surface area contributed by atoms with Gasteiger partial charge in [0.05, 0.1) is 22.6 Å². The summed E-state index contributed by atoms with van der Waals surface area (Å²) >= 11 is -2.41. The van der Waals surface area contributed by atoms with E-state index in [-0.39, 0.29) is 33.7 Å². The second-order valence-electron chi connectivity index (χ2n) is 6.98. The van der Waals surface area contributed by atoms with Gasteiger partial charge in [0.15, 0.2) is 28.4 Å². The Morgan fingerprint density at radius 2 is 1.91 bits per heavy atom. The molecule has 0 radical (unpaired) electrons. The van der Waals surface area contributed by atoms with Crippen molar-refractivity contribution in [1.82, 2.24) is 4.57 Å². The maximum absolute atomic E-state index is 14.7. The van der Waals surface area contributed by atoms with Crippen molar-refractivity contribution in [3.8, 4) is 17.2 Å². The Hall–Kier alpha value is -3.63. The van der Waals surface area contributed by atoms with Gasteiger partial charge in [0.2, 0.25) is 11.2 Å². The zero-order valence-corrected chi connectivity index (χ0v) is 17.2. The maximum atomic E-state index is 14.7. The molecule has 7 nitrogen and oxygen atoms in total. The van der Waals surface area contributed by atoms with E-state index in [9.17, 15) is 27.1 Å². The maximum Gasteiger partial charge on any atom is 0.343 e. The zero-order chi connectivity index (χ0) is 22.7. The molecule has 1 N–H and O–H groups in total. The first-order chi connectivity index (χ1) is 15.3. The molecule has 0 bridgehead atoms. The van der Waals surface area contributed by atoms with E-state index in [0.29, 0.717) is 22.5 Å². The van der Waals surface area contributed by atoms with Crippen LogP contribution in [-0.4, -0.2) is 25.9 Å². The molecule has 1 atom stereocenters. The van der Waals surface area contributed by atoms with Gasteiger partial charge in [0, 0.05) is 23.0 Å². The van der Waals surface area contributed by atoms with Gasteiger partial charge in [-0.15, -0.1) is 0 Å². The van der Waals surface area contributed by atoms with Gasteiger partial charge in [0.1, 0.15) is 11.1 Å². The molecule has 4 aromatic rings. The van der Waals surface area contributed by atoms with E-state index in [2.05, 4.69) is 0 Å². The monoisotopic (exact) mass is 457 g/mol. The van der Waals surface area contributed by atoms with Crippen LogP contribution >= 0.6 is 0 Å². The number of carbonyl (C=O) groups is 1. The molecule has 32 heavy (non-hydrogen) atoms. The Kier molecular flexibility index (Phi) is 4.57. The molecule has 0 aliphatic carbocycles. The number of aromatic nitrogens is 1. The standard InChI is InChI=1S/C22H13F2NO6S/c1-2-30-22(27)13-9-25-18-11-6-4-3-5-10(11)16(32(28)29)8-15(18)31-21-17(24)14(23)7-12(19(21)25)20(13)26/h3-9H,2H2,1H3,(H,28,29). The summed E-state index contributed by atoms with van der Waals surface area (Å²) in [5.74, 6) is -4.20. The third-order valence-electron chi connectivity index (χ3n) is 5.22. The minimum absolute atomic E-state index is 0.00233. The summed E-state index contributed by atoms with van der Waals surface area (Å²) in [5.41, 5.74) is -0.983. The van der Waals surface area contributed by atoms with Crippen LogP contribution in [0, 0.1) is 11.6 Å².